The van der Waals surface area contributed by atoms with Crippen molar-refractivity contribution in [1.29, 1.82) is 0 Å². The fourth-order valence-electron chi connectivity index (χ4n) is 1.53. The summed E-state index contributed by atoms with van der Waals surface area (Å²) < 4.78 is 0. The van der Waals surface area contributed by atoms with Gasteiger partial charge in [0.15, 0.2) is 0 Å². The number of hydrogen-bond acceptors (Lipinski definition) is 2. The van der Waals surface area contributed by atoms with Gasteiger partial charge in [0.05, 0.1) is 0 Å². The molecule has 1 aromatic rings. The molecule has 0 aliphatic rings. The summed E-state index contributed by atoms with van der Waals surface area (Å²) in [6, 6.07) is 0. The topological polar surface area (TPSA) is 12.9 Å². The van der Waals surface area contributed by atoms with Gasteiger partial charge in [0, 0.05) is 0 Å². The van der Waals surface area contributed by atoms with Crippen LogP contribution in [0.4, 0.5) is 0 Å². The fourth-order valence-corrected chi connectivity index (χ4v) is 2.27. The molecule has 1 rings (SSSR count). The van der Waals surface area contributed by atoms with Crippen molar-refractivity contribution in [3.8, 4) is 0 Å². The average Bonchev–Trinajstić information content (AvgIpc) is 2.72. The Balaban J connectivity index is 0. The van der Waals surface area contributed by atoms with E-state index in [1.807, 2.05) is 20.8 Å². The zero-order chi connectivity index (χ0) is 12.2. The molecule has 0 aliphatic heterocycles. The van der Waals surface area contributed by atoms with Crippen LogP contribution in [0, 0.1) is 12.3 Å². The Labute approximate surface area is 105 Å². The summed E-state index contributed by atoms with van der Waals surface area (Å²) in [7, 11) is 0. The molecule has 1 aromatic heterocycles. The van der Waals surface area contributed by atoms with Gasteiger partial charge in [0.1, 0.15) is 0 Å². The van der Waals surface area contributed by atoms with Gasteiger partial charge in [-0.1, -0.05) is 76.4 Å². The Morgan fingerprint density at radius 1 is 1.06 bits per heavy atom. The van der Waals surface area contributed by atoms with Gasteiger partial charge in [-0.05, 0) is 6.92 Å². The first-order chi connectivity index (χ1) is 7.83. The first-order valence-electron chi connectivity index (χ1n) is 6.67. The quantitative estimate of drug-likeness (QED) is 0.366. The van der Waals surface area contributed by atoms with Crippen molar-refractivity contribution in [2.24, 2.45) is 0 Å². The monoisotopic (exact) mass is 507 g/mol. The summed E-state index contributed by atoms with van der Waals surface area (Å²) in [5, 5.41) is 4.42. The van der Waals surface area contributed by atoms with Gasteiger partial charge < -0.3 is 16.3 Å². The molecule has 0 spiro atoms. The average molecular weight is 507 g/mol. The van der Waals surface area contributed by atoms with Crippen molar-refractivity contribution in [3.63, 3.8) is 0 Å². The molecular formula is C14H26NRfS-. The molecule has 0 radical (unpaired) electrons. The standard InChI is InChI=1S/C12H20NS.C2H6.Rf/c1-3-4-5-6-7-8-9-12-13-11(2)10-14-12;1-2;/h3-9H2,1-2H3;1-2H3;/q-1;;. The van der Waals surface area contributed by atoms with Gasteiger partial charge in [-0.25, -0.2) is 0 Å². The number of thiazole rings is 1. The van der Waals surface area contributed by atoms with Crippen molar-refractivity contribution in [2.45, 2.75) is 72.6 Å². The summed E-state index contributed by atoms with van der Waals surface area (Å²) in [6.45, 7) is 8.27. The minimum atomic E-state index is 0. The van der Waals surface area contributed by atoms with E-state index in [-0.39, 0.29) is 0 Å². The van der Waals surface area contributed by atoms with E-state index in [0.717, 1.165) is 12.1 Å². The predicted octanol–water partition coefficient (Wildman–Crippen LogP) is 5.18. The Morgan fingerprint density at radius 3 is 2.18 bits per heavy atom. The Morgan fingerprint density at radius 2 is 1.65 bits per heavy atom. The zero-order valence-corrected chi connectivity index (χ0v) is 19.2. The fraction of sp³-hybridized carbons (Fsp3) is 0.786. The molecule has 0 aromatic carbocycles. The molecule has 1 nitrogen and oxygen atoms in total. The minimum absolute atomic E-state index is 0. The van der Waals surface area contributed by atoms with Crippen LogP contribution in [0.1, 0.15) is 70.0 Å². The first-order valence-corrected chi connectivity index (χ1v) is 7.48. The molecule has 96 valence electrons. The van der Waals surface area contributed by atoms with Crippen LogP contribution in [0.3, 0.4) is 0 Å². The normalized spacial score (nSPS) is 9.18. The summed E-state index contributed by atoms with van der Waals surface area (Å²) >= 11 is 1.68. The van der Waals surface area contributed by atoms with Crippen LogP contribution >= 0.6 is 11.3 Å². The van der Waals surface area contributed by atoms with Crippen LogP contribution < -0.4 is 0 Å². The maximum absolute atomic E-state index is 4.41. The van der Waals surface area contributed by atoms with Gasteiger partial charge in [-0.3, -0.25) is 0 Å². The maximum atomic E-state index is 4.41. The minimum Gasteiger partial charge on any atom is -0.361 e. The van der Waals surface area contributed by atoms with Crippen molar-refractivity contribution < 1.29 is 0 Å². The van der Waals surface area contributed by atoms with E-state index < -0.39 is 0 Å². The Hall–Kier alpha value is -1.37. The molecule has 3 heteroatoms. The van der Waals surface area contributed by atoms with Crippen LogP contribution in [0.2, 0.25) is 0 Å². The van der Waals surface area contributed by atoms with Gasteiger partial charge >= 0.3 is 0 Å². The van der Waals surface area contributed by atoms with Gasteiger partial charge in [0.25, 0.3) is 0 Å². The van der Waals surface area contributed by atoms with E-state index in [1.54, 1.807) is 11.3 Å². The third-order valence-electron chi connectivity index (χ3n) is 2.35. The smallest absolute Gasteiger partial charge is 0 e. The first kappa shape index (κ1) is 18.0. The third kappa shape index (κ3) is 9.55. The number of aromatic nitrogens is 1. The van der Waals surface area contributed by atoms with Crippen molar-refractivity contribution >= 4 is 11.3 Å². The Kier molecular flexibility index (Phi) is 13.5. The van der Waals surface area contributed by atoms with Crippen molar-refractivity contribution in [2.75, 3.05) is 0 Å². The largest absolute Gasteiger partial charge is 0.361 e. The number of rotatable bonds is 7. The molecule has 0 saturated heterocycles. The summed E-state index contributed by atoms with van der Waals surface area (Å²) in [5.41, 5.74) is 1.05. The molecule has 0 bridgehead atoms. The van der Waals surface area contributed by atoms with Gasteiger partial charge in [-0.2, -0.15) is 5.38 Å². The maximum Gasteiger partial charge on any atom is 0 e. The van der Waals surface area contributed by atoms with Crippen LogP contribution in [0.25, 0.3) is 0 Å². The van der Waals surface area contributed by atoms with E-state index >= 15 is 0 Å². The third-order valence-corrected chi connectivity index (χ3v) is 3.28. The van der Waals surface area contributed by atoms with Crippen LogP contribution in [0.15, 0.2) is 0 Å². The van der Waals surface area contributed by atoms with E-state index in [4.69, 9.17) is 0 Å². The molecule has 0 N–H and O–H groups in total. The second kappa shape index (κ2) is 12.7. The molecule has 0 unspecified atom stereocenters. The molecule has 0 atom stereocenters. The summed E-state index contributed by atoms with van der Waals surface area (Å²) in [4.78, 5) is 4.41. The molecule has 0 saturated carbocycles. The molecule has 0 fully saturated rings. The molecule has 0 aliphatic carbocycles. The van der Waals surface area contributed by atoms with E-state index in [0.29, 0.717) is 0 Å². The molecular weight excluding hydrogens is 481 g/mol. The zero-order valence-electron chi connectivity index (χ0n) is 12.0. The second-order valence-electron chi connectivity index (χ2n) is 3.81. The van der Waals surface area contributed by atoms with E-state index in [2.05, 4.69) is 17.3 Å². The van der Waals surface area contributed by atoms with Crippen molar-refractivity contribution in [1.82, 2.24) is 4.98 Å². The van der Waals surface area contributed by atoms with Crippen LogP contribution in [-0.4, -0.2) is 4.98 Å². The molecule has 0 amide bonds. The molecule has 1 heterocycles. The van der Waals surface area contributed by atoms with Crippen LogP contribution in [-0.2, 0) is 6.42 Å². The van der Waals surface area contributed by atoms with Crippen molar-refractivity contribution in [3.05, 3.63) is 16.1 Å². The van der Waals surface area contributed by atoms with E-state index in [9.17, 15) is 0 Å². The second-order valence-corrected chi connectivity index (χ2v) is 4.69. The number of unbranched alkanes of at least 4 members (excludes halogenated alkanes) is 5. The summed E-state index contributed by atoms with van der Waals surface area (Å²) in [5.74, 6) is 0. The summed E-state index contributed by atoms with van der Waals surface area (Å²) in [6.07, 6.45) is 9.33. The van der Waals surface area contributed by atoms with E-state index in [1.165, 1.54) is 43.5 Å². The Bertz CT molecular complexity index is 248. The number of hydrogen-bond donors (Lipinski definition) is 0. The van der Waals surface area contributed by atoms with Gasteiger partial charge in [0.2, 0.25) is 0 Å². The number of nitrogens with zero attached hydrogens (tertiary/aromatic N) is 1. The SMILES string of the molecule is CC.CCCCCCCCc1nc(C)[c-]s1.[Rf]. The number of aryl methyl sites for hydroxylation is 2. The predicted molar refractivity (Wildman–Crippen MR) is 74.1 cm³/mol. The van der Waals surface area contributed by atoms with Gasteiger partial charge in [-0.15, -0.1) is 0 Å². The van der Waals surface area contributed by atoms with Crippen LogP contribution in [0.5, 0.6) is 0 Å². The molecule has 17 heavy (non-hydrogen) atoms.